The molecular formula is C58H78N12O13S3. The van der Waals surface area contributed by atoms with Crippen LogP contribution in [-0.4, -0.2) is 192 Å². The number of thioether (sulfide) groups is 1. The van der Waals surface area contributed by atoms with Crippen LogP contribution in [0.25, 0.3) is 11.6 Å². The van der Waals surface area contributed by atoms with Crippen molar-refractivity contribution in [3.8, 4) is 11.6 Å². The van der Waals surface area contributed by atoms with E-state index in [1.165, 1.54) is 33.8 Å². The lowest BCUT2D eigenvalue weighted by atomic mass is 10.0. The SMILES string of the molecule is C[C@@H]1NC(=O)[C@H](CCCCNC(=O)CCOCCOCCOCCOCCNC(=O)CCCC[C@@H]2SC[C@@H]3NC(=O)N[C@@H]32)NC(=O)[C@@H]2CCCN2C(=O)c2coc(n2)-c2csc(n2)[C@@H]2CCCN2C(=O)[C@@H](Cc2ccccc2)NC(=O)c2csc1n2. The van der Waals surface area contributed by atoms with Gasteiger partial charge in [0.15, 0.2) is 5.69 Å². The zero-order chi connectivity index (χ0) is 60.2. The molecule has 4 saturated heterocycles. The standard InChI is InChI=1S/C58H78N12O13S3/c1-36-54-65-42(34-85-54)51(74)63-39(31-37-11-3-2-4-12-37)56(76)70-22-10-15-45(70)55-66-43(35-86-55)53-64-40(32-83-53)57(77)69-21-9-14-44(69)52(75)62-38(50(73)61-36)13-7-8-19-59-48(72)18-23-79-25-27-81-29-30-82-28-26-80-24-20-60-47(71)17-6-5-16-46-49-41(33-84-46)67-58(78)68-49/h2-4,11-12,32,34-36,38-39,41,44-46,49H,5-10,13-31,33H2,1H3,(H,59,72)(H,60,71)(H,61,73)(H,62,75)(H,63,74)(H2,67,68,78)/t36-,38-,39+,41-,44-,45-,46-,49-/m0/s1. The average molecular weight is 1250 g/mol. The van der Waals surface area contributed by atoms with Gasteiger partial charge in [-0.2, -0.15) is 11.8 Å². The minimum Gasteiger partial charge on any atom is -0.442 e. The molecule has 5 aliphatic rings. The van der Waals surface area contributed by atoms with Crippen LogP contribution in [0.5, 0.6) is 0 Å². The number of unbranched alkanes of at least 4 members (excludes halogenated alkanes) is 2. The highest BCUT2D eigenvalue weighted by molar-refractivity contribution is 8.00. The van der Waals surface area contributed by atoms with E-state index in [4.69, 9.17) is 28.3 Å². The van der Waals surface area contributed by atoms with E-state index in [1.807, 2.05) is 42.1 Å². The smallest absolute Gasteiger partial charge is 0.315 e. The molecule has 0 spiro atoms. The van der Waals surface area contributed by atoms with Crippen LogP contribution in [0.2, 0.25) is 0 Å². The number of thiazole rings is 2. The first-order valence-electron chi connectivity index (χ1n) is 29.8. The second-order valence-corrected chi connectivity index (χ2v) is 24.8. The van der Waals surface area contributed by atoms with Crippen molar-refractivity contribution in [2.45, 2.75) is 138 Å². The number of urea groups is 1. The van der Waals surface area contributed by atoms with Crippen LogP contribution in [0, 0.1) is 0 Å². The van der Waals surface area contributed by atoms with Gasteiger partial charge in [0, 0.05) is 67.2 Å². The molecular weight excluding hydrogens is 1170 g/mol. The van der Waals surface area contributed by atoms with Gasteiger partial charge in [0.1, 0.15) is 45.8 Å². The molecule has 7 N–H and O–H groups in total. The molecule has 8 heterocycles. The van der Waals surface area contributed by atoms with Crippen LogP contribution in [0.3, 0.4) is 0 Å². The Morgan fingerprint density at radius 3 is 2.12 bits per heavy atom. The van der Waals surface area contributed by atoms with Crippen LogP contribution >= 0.6 is 34.4 Å². The number of amides is 9. The number of fused-ring (bicyclic) bond motifs is 11. The highest BCUT2D eigenvalue weighted by Gasteiger charge is 2.43. The van der Waals surface area contributed by atoms with Crippen molar-refractivity contribution in [2.24, 2.45) is 0 Å². The normalized spacial score (nSPS) is 23.4. The Bertz CT molecular complexity index is 2930. The van der Waals surface area contributed by atoms with Crippen molar-refractivity contribution in [3.63, 3.8) is 0 Å². The molecule has 4 aromatic rings. The Labute approximate surface area is 511 Å². The fourth-order valence-electron chi connectivity index (χ4n) is 11.1. The highest BCUT2D eigenvalue weighted by atomic mass is 32.2. The van der Waals surface area contributed by atoms with Gasteiger partial charge in [0.2, 0.25) is 35.4 Å². The summed E-state index contributed by atoms with van der Waals surface area (Å²) in [5, 5.41) is 25.4. The summed E-state index contributed by atoms with van der Waals surface area (Å²) in [7, 11) is 0. The minimum absolute atomic E-state index is 0.000210. The van der Waals surface area contributed by atoms with Crippen molar-refractivity contribution < 1.29 is 61.7 Å². The van der Waals surface area contributed by atoms with Crippen LogP contribution < -0.4 is 37.2 Å². The molecule has 9 rings (SSSR count). The summed E-state index contributed by atoms with van der Waals surface area (Å²) < 4.78 is 28.0. The molecule has 1 aromatic carbocycles. The van der Waals surface area contributed by atoms with E-state index >= 15 is 0 Å². The fraction of sp³-hybridized carbons (Fsp3) is 0.603. The third-order valence-corrected chi connectivity index (χ3v) is 19.1. The maximum atomic E-state index is 14.5. The van der Waals surface area contributed by atoms with Gasteiger partial charge < -0.3 is 70.4 Å². The molecule has 0 radical (unpaired) electrons. The summed E-state index contributed by atoms with van der Waals surface area (Å²) in [5.74, 6) is -1.46. The van der Waals surface area contributed by atoms with E-state index in [1.54, 1.807) is 22.6 Å². The molecule has 0 aliphatic carbocycles. The molecule has 466 valence electrons. The van der Waals surface area contributed by atoms with E-state index in [0.717, 1.165) is 37.0 Å². The Morgan fingerprint density at radius 1 is 0.651 bits per heavy atom. The number of nitrogens with one attached hydrogen (secondary N) is 7. The molecule has 4 fully saturated rings. The number of benzene rings is 1. The number of ether oxygens (including phenoxy) is 4. The number of nitrogens with zero attached hydrogens (tertiary/aromatic N) is 5. The van der Waals surface area contributed by atoms with Crippen molar-refractivity contribution in [3.05, 3.63) is 74.3 Å². The topological polar surface area (TPSA) is 316 Å². The third kappa shape index (κ3) is 18.0. The predicted molar refractivity (Wildman–Crippen MR) is 319 cm³/mol. The fourth-order valence-corrected chi connectivity index (χ4v) is 14.4. The lowest BCUT2D eigenvalue weighted by Gasteiger charge is -2.28. The molecule has 6 bridgehead atoms. The Balaban J connectivity index is 0.682. The maximum Gasteiger partial charge on any atom is 0.315 e. The molecule has 28 heteroatoms. The summed E-state index contributed by atoms with van der Waals surface area (Å²) in [5.41, 5.74) is 1.34. The van der Waals surface area contributed by atoms with Crippen LogP contribution in [0.4, 0.5) is 4.79 Å². The molecule has 86 heavy (non-hydrogen) atoms. The van der Waals surface area contributed by atoms with E-state index < -0.39 is 47.8 Å². The van der Waals surface area contributed by atoms with Crippen molar-refractivity contribution >= 4 is 81.8 Å². The molecule has 25 nitrogen and oxygen atoms in total. The van der Waals surface area contributed by atoms with E-state index in [9.17, 15) is 38.4 Å². The molecule has 9 amide bonds. The Hall–Kier alpha value is -6.56. The summed E-state index contributed by atoms with van der Waals surface area (Å²) in [6.45, 7) is 5.95. The van der Waals surface area contributed by atoms with Gasteiger partial charge in [0.05, 0.1) is 77.0 Å². The largest absolute Gasteiger partial charge is 0.442 e. The zero-order valence-electron chi connectivity index (χ0n) is 48.4. The lowest BCUT2D eigenvalue weighted by molar-refractivity contribution is -0.134. The van der Waals surface area contributed by atoms with Crippen LogP contribution in [-0.2, 0) is 49.3 Å². The quantitative estimate of drug-likeness (QED) is 0.0330. The molecule has 5 aliphatic heterocycles. The number of hydrogen-bond donors (Lipinski definition) is 7. The average Bonchev–Trinajstić information content (AvgIpc) is 4.57. The highest BCUT2D eigenvalue weighted by Crippen LogP contribution is 2.37. The molecule has 3 aromatic heterocycles. The van der Waals surface area contributed by atoms with Gasteiger partial charge in [-0.1, -0.05) is 36.8 Å². The van der Waals surface area contributed by atoms with E-state index in [0.29, 0.717) is 125 Å². The van der Waals surface area contributed by atoms with Gasteiger partial charge in [-0.15, -0.1) is 22.7 Å². The van der Waals surface area contributed by atoms with Gasteiger partial charge in [-0.3, -0.25) is 33.6 Å². The zero-order valence-corrected chi connectivity index (χ0v) is 50.8. The first-order valence-corrected chi connectivity index (χ1v) is 32.7. The number of hydrogen-bond acceptors (Lipinski definition) is 19. The monoisotopic (exact) mass is 1250 g/mol. The number of oxazole rings is 1. The summed E-state index contributed by atoms with van der Waals surface area (Å²) in [6.07, 6.45) is 8.23. The predicted octanol–water partition coefficient (Wildman–Crippen LogP) is 3.82. The first-order chi connectivity index (χ1) is 41.9. The second kappa shape index (κ2) is 32.4. The molecule has 0 unspecified atom stereocenters. The maximum absolute atomic E-state index is 14.5. The molecule has 0 saturated carbocycles. The van der Waals surface area contributed by atoms with Crippen LogP contribution in [0.15, 0.2) is 51.8 Å². The van der Waals surface area contributed by atoms with Crippen LogP contribution in [0.1, 0.15) is 133 Å². The number of carbonyl (C=O) groups excluding carboxylic acids is 8. The second-order valence-electron chi connectivity index (χ2n) is 21.8. The molecule has 8 atom stereocenters. The summed E-state index contributed by atoms with van der Waals surface area (Å²) in [6, 6.07) is 5.85. The van der Waals surface area contributed by atoms with Gasteiger partial charge in [-0.05, 0) is 70.3 Å². The van der Waals surface area contributed by atoms with Crippen molar-refractivity contribution in [1.82, 2.24) is 62.0 Å². The van der Waals surface area contributed by atoms with E-state index in [-0.39, 0.29) is 91.6 Å². The summed E-state index contributed by atoms with van der Waals surface area (Å²) >= 11 is 4.41. The van der Waals surface area contributed by atoms with Gasteiger partial charge >= 0.3 is 6.03 Å². The van der Waals surface area contributed by atoms with Gasteiger partial charge in [0.25, 0.3) is 11.8 Å². The van der Waals surface area contributed by atoms with Crippen molar-refractivity contribution in [2.75, 3.05) is 84.8 Å². The Kier molecular flexibility index (Phi) is 24.1. The minimum atomic E-state index is -1.03. The van der Waals surface area contributed by atoms with E-state index in [2.05, 4.69) is 47.2 Å². The number of rotatable bonds is 27. The first kappa shape index (κ1) is 63.9. The lowest BCUT2D eigenvalue weighted by Crippen LogP contribution is -2.53. The van der Waals surface area contributed by atoms with Crippen molar-refractivity contribution in [1.29, 1.82) is 0 Å². The Morgan fingerprint density at radius 2 is 1.33 bits per heavy atom. The summed E-state index contributed by atoms with van der Waals surface area (Å²) in [4.78, 5) is 124. The van der Waals surface area contributed by atoms with Gasteiger partial charge in [-0.25, -0.2) is 19.7 Å². The number of carbonyl (C=O) groups is 8. The number of aromatic nitrogens is 3. The third-order valence-electron chi connectivity index (χ3n) is 15.6.